The lowest BCUT2D eigenvalue weighted by Crippen LogP contribution is -2.31. The number of carbonyl (C=O) groups is 1. The molecule has 1 amide bonds. The van der Waals surface area contributed by atoms with Gasteiger partial charge in [0.05, 0.1) is 17.6 Å². The number of para-hydroxylation sites is 2. The van der Waals surface area contributed by atoms with Gasteiger partial charge in [-0.25, -0.2) is 0 Å². The first kappa shape index (κ1) is 19.1. The third-order valence-electron chi connectivity index (χ3n) is 5.44. The predicted octanol–water partition coefficient (Wildman–Crippen LogP) is 5.16. The minimum Gasteiger partial charge on any atom is -0.486 e. The Morgan fingerprint density at radius 2 is 1.71 bits per heavy atom. The van der Waals surface area contributed by atoms with Crippen molar-refractivity contribution >= 4 is 22.5 Å². The van der Waals surface area contributed by atoms with Gasteiger partial charge >= 0.3 is 0 Å². The summed E-state index contributed by atoms with van der Waals surface area (Å²) >= 11 is 0. The van der Waals surface area contributed by atoms with Crippen molar-refractivity contribution in [2.75, 3.05) is 18.1 Å². The summed E-state index contributed by atoms with van der Waals surface area (Å²) in [5.74, 6) is 1.36. The minimum atomic E-state index is -0.0950. The summed E-state index contributed by atoms with van der Waals surface area (Å²) in [7, 11) is 0. The quantitative estimate of drug-likeness (QED) is 0.466. The average molecular weight is 410 g/mol. The van der Waals surface area contributed by atoms with Gasteiger partial charge in [0.15, 0.2) is 11.5 Å². The number of ether oxygens (including phenoxy) is 2. The van der Waals surface area contributed by atoms with Crippen molar-refractivity contribution < 1.29 is 14.3 Å². The van der Waals surface area contributed by atoms with Crippen molar-refractivity contribution in [2.24, 2.45) is 0 Å². The number of hydrogen-bond donors (Lipinski definition) is 0. The standard InChI is InChI=1S/C26H22N2O3/c1-18-6-2-5-9-23(18)28(17-19-10-11-24-25(14-19)31-13-12-30-24)26(29)21-15-20-7-3-4-8-22(20)27-16-21/h2-11,14-16H,12-13,17H2,1H3. The van der Waals surface area contributed by atoms with E-state index >= 15 is 0 Å². The van der Waals surface area contributed by atoms with E-state index in [0.29, 0.717) is 31.1 Å². The summed E-state index contributed by atoms with van der Waals surface area (Å²) in [6, 6.07) is 23.4. The number of pyridine rings is 1. The van der Waals surface area contributed by atoms with Crippen LogP contribution in [0.3, 0.4) is 0 Å². The van der Waals surface area contributed by atoms with Gasteiger partial charge in [0.1, 0.15) is 13.2 Å². The fraction of sp³-hybridized carbons (Fsp3) is 0.154. The molecule has 0 aliphatic carbocycles. The van der Waals surface area contributed by atoms with E-state index in [-0.39, 0.29) is 5.91 Å². The maximum absolute atomic E-state index is 13.7. The molecule has 5 rings (SSSR count). The van der Waals surface area contributed by atoms with Gasteiger partial charge in [-0.2, -0.15) is 0 Å². The normalized spacial score (nSPS) is 12.5. The van der Waals surface area contributed by atoms with E-state index < -0.39 is 0 Å². The first-order valence-corrected chi connectivity index (χ1v) is 10.3. The fourth-order valence-corrected chi connectivity index (χ4v) is 3.85. The average Bonchev–Trinajstić information content (AvgIpc) is 2.82. The number of hydrogen-bond acceptors (Lipinski definition) is 4. The molecule has 4 aromatic rings. The minimum absolute atomic E-state index is 0.0950. The Hall–Kier alpha value is -3.86. The van der Waals surface area contributed by atoms with Crippen molar-refractivity contribution in [1.29, 1.82) is 0 Å². The molecule has 0 bridgehead atoms. The summed E-state index contributed by atoms with van der Waals surface area (Å²) < 4.78 is 11.4. The molecular weight excluding hydrogens is 388 g/mol. The molecular formula is C26H22N2O3. The third kappa shape index (κ3) is 3.82. The highest BCUT2D eigenvalue weighted by atomic mass is 16.6. The van der Waals surface area contributed by atoms with Gasteiger partial charge in [0.25, 0.3) is 5.91 Å². The number of rotatable bonds is 4. The Morgan fingerprint density at radius 1 is 0.935 bits per heavy atom. The lowest BCUT2D eigenvalue weighted by atomic mass is 10.1. The number of carbonyl (C=O) groups excluding carboxylic acids is 1. The van der Waals surface area contributed by atoms with Crippen molar-refractivity contribution in [3.63, 3.8) is 0 Å². The Bertz CT molecular complexity index is 1270. The third-order valence-corrected chi connectivity index (χ3v) is 5.44. The van der Waals surface area contributed by atoms with Gasteiger partial charge in [0.2, 0.25) is 0 Å². The summed E-state index contributed by atoms with van der Waals surface area (Å²) in [5.41, 5.74) is 4.29. The van der Waals surface area contributed by atoms with E-state index in [9.17, 15) is 4.79 Å². The summed E-state index contributed by atoms with van der Waals surface area (Å²) in [6.07, 6.45) is 1.65. The van der Waals surface area contributed by atoms with Crippen molar-refractivity contribution in [3.8, 4) is 11.5 Å². The van der Waals surface area contributed by atoms with Crippen LogP contribution in [-0.2, 0) is 6.54 Å². The number of benzene rings is 3. The molecule has 3 aromatic carbocycles. The molecule has 1 aromatic heterocycles. The molecule has 0 saturated heterocycles. The van der Waals surface area contributed by atoms with Crippen molar-refractivity contribution in [2.45, 2.75) is 13.5 Å². The van der Waals surface area contributed by atoms with Crippen LogP contribution >= 0.6 is 0 Å². The molecule has 5 heteroatoms. The number of nitrogens with zero attached hydrogens (tertiary/aromatic N) is 2. The Balaban J connectivity index is 1.54. The largest absolute Gasteiger partial charge is 0.486 e. The smallest absolute Gasteiger partial charge is 0.260 e. The molecule has 0 atom stereocenters. The van der Waals surface area contributed by atoms with E-state index in [1.165, 1.54) is 0 Å². The topological polar surface area (TPSA) is 51.7 Å². The summed E-state index contributed by atoms with van der Waals surface area (Å²) in [4.78, 5) is 19.9. The molecule has 0 N–H and O–H groups in total. The van der Waals surface area contributed by atoms with E-state index in [2.05, 4.69) is 4.98 Å². The van der Waals surface area contributed by atoms with Crippen molar-refractivity contribution in [1.82, 2.24) is 4.98 Å². The van der Waals surface area contributed by atoms with Crippen LogP contribution in [0.2, 0.25) is 0 Å². The molecule has 1 aliphatic heterocycles. The first-order chi connectivity index (χ1) is 15.2. The molecule has 0 fully saturated rings. The van der Waals surface area contributed by atoms with E-state index in [1.54, 1.807) is 11.1 Å². The van der Waals surface area contributed by atoms with Gasteiger partial charge in [-0.05, 0) is 48.4 Å². The number of amides is 1. The highest BCUT2D eigenvalue weighted by Gasteiger charge is 2.21. The molecule has 5 nitrogen and oxygen atoms in total. The van der Waals surface area contributed by atoms with Crippen LogP contribution in [0.25, 0.3) is 10.9 Å². The van der Waals surface area contributed by atoms with Gasteiger partial charge in [-0.1, -0.05) is 42.5 Å². The molecule has 1 aliphatic rings. The maximum Gasteiger partial charge on any atom is 0.260 e. The Kier molecular flexibility index (Phi) is 5.00. The van der Waals surface area contributed by atoms with Gasteiger partial charge in [0, 0.05) is 17.3 Å². The fourth-order valence-electron chi connectivity index (χ4n) is 3.85. The molecule has 0 radical (unpaired) electrons. The van der Waals surface area contributed by atoms with Gasteiger partial charge < -0.3 is 14.4 Å². The van der Waals surface area contributed by atoms with Crippen LogP contribution < -0.4 is 14.4 Å². The second-order valence-corrected chi connectivity index (χ2v) is 7.57. The number of fused-ring (bicyclic) bond motifs is 2. The number of anilines is 1. The lowest BCUT2D eigenvalue weighted by Gasteiger charge is -2.26. The lowest BCUT2D eigenvalue weighted by molar-refractivity contribution is 0.0984. The number of aromatic nitrogens is 1. The molecule has 2 heterocycles. The highest BCUT2D eigenvalue weighted by molar-refractivity contribution is 6.07. The van der Waals surface area contributed by atoms with Crippen LogP contribution in [0.15, 0.2) is 79.0 Å². The molecule has 154 valence electrons. The summed E-state index contributed by atoms with van der Waals surface area (Å²) in [5, 5.41) is 0.942. The number of aryl methyl sites for hydroxylation is 1. The second kappa shape index (κ2) is 8.11. The van der Waals surface area contributed by atoms with Crippen LogP contribution in [0.1, 0.15) is 21.5 Å². The highest BCUT2D eigenvalue weighted by Crippen LogP contribution is 2.32. The molecule has 31 heavy (non-hydrogen) atoms. The monoisotopic (exact) mass is 410 g/mol. The van der Waals surface area contributed by atoms with Gasteiger partial charge in [-0.15, -0.1) is 0 Å². The molecule has 0 spiro atoms. The van der Waals surface area contributed by atoms with E-state index in [0.717, 1.165) is 33.5 Å². The molecule has 0 unspecified atom stereocenters. The second-order valence-electron chi connectivity index (χ2n) is 7.57. The van der Waals surface area contributed by atoms with E-state index in [1.807, 2.05) is 79.7 Å². The Labute approximate surface area is 180 Å². The SMILES string of the molecule is Cc1ccccc1N(Cc1ccc2c(c1)OCCO2)C(=O)c1cnc2ccccc2c1. The van der Waals surface area contributed by atoms with Crippen LogP contribution in [0.4, 0.5) is 5.69 Å². The molecule has 0 saturated carbocycles. The van der Waals surface area contributed by atoms with Crippen LogP contribution in [-0.4, -0.2) is 24.1 Å². The van der Waals surface area contributed by atoms with E-state index in [4.69, 9.17) is 9.47 Å². The zero-order chi connectivity index (χ0) is 21.2. The first-order valence-electron chi connectivity index (χ1n) is 10.3. The van der Waals surface area contributed by atoms with Crippen molar-refractivity contribution in [3.05, 3.63) is 95.7 Å². The zero-order valence-electron chi connectivity index (χ0n) is 17.2. The van der Waals surface area contributed by atoms with Gasteiger partial charge in [-0.3, -0.25) is 9.78 Å². The Morgan fingerprint density at radius 3 is 2.58 bits per heavy atom. The summed E-state index contributed by atoms with van der Waals surface area (Å²) in [6.45, 7) is 3.50. The van der Waals surface area contributed by atoms with Crippen LogP contribution in [0, 0.1) is 6.92 Å². The predicted molar refractivity (Wildman–Crippen MR) is 121 cm³/mol. The zero-order valence-corrected chi connectivity index (χ0v) is 17.2. The van der Waals surface area contributed by atoms with Crippen LogP contribution in [0.5, 0.6) is 11.5 Å². The maximum atomic E-state index is 13.7.